The summed E-state index contributed by atoms with van der Waals surface area (Å²) in [5.41, 5.74) is 20.3. The summed E-state index contributed by atoms with van der Waals surface area (Å²) in [5.74, 6) is 0. The van der Waals surface area contributed by atoms with E-state index in [2.05, 4.69) is 290 Å². The van der Waals surface area contributed by atoms with Crippen LogP contribution in [0.5, 0.6) is 0 Å². The molecule has 0 atom stereocenters. The first kappa shape index (κ1) is 42.7. The molecule has 352 valence electrons. The second-order valence-electron chi connectivity index (χ2n) is 20.7. The molecule has 14 aromatic rings. The molecule has 0 saturated heterocycles. The molecule has 16 rings (SSSR count). The molecule has 0 N–H and O–H groups in total. The smallest absolute Gasteiger partial charge is 0.0726 e. The highest BCUT2D eigenvalue weighted by Gasteiger charge is 2.52. The fourth-order valence-corrected chi connectivity index (χ4v) is 13.5. The molecule has 1 spiro atoms. The molecule has 0 amide bonds. The van der Waals surface area contributed by atoms with Gasteiger partial charge in [0.25, 0.3) is 0 Å². The number of fused-ring (bicyclic) bond motifs is 19. The Labute approximate surface area is 441 Å². The van der Waals surface area contributed by atoms with Crippen molar-refractivity contribution < 1.29 is 0 Å². The molecule has 0 radical (unpaired) electrons. The summed E-state index contributed by atoms with van der Waals surface area (Å²) in [4.78, 5) is 2.54. The van der Waals surface area contributed by atoms with Gasteiger partial charge < -0.3 is 4.90 Å². The van der Waals surface area contributed by atoms with Gasteiger partial charge in [0.05, 0.1) is 11.1 Å². The zero-order chi connectivity index (χ0) is 49.9. The third-order valence-electron chi connectivity index (χ3n) is 16.8. The Morgan fingerprint density at radius 2 is 0.645 bits per heavy atom. The SMILES string of the molecule is c1ccc(-c2ccc(N(c3ccc4c5ccccc5c5ccccc5c4c3)c3cc4c(cc3-c3ccc(-c5ccc6c(ccc7ccccc76)c5)cc3)-c3ccccc3C43c4ccccc4-c4ccccc43)cc2)cc1. The molecule has 0 aliphatic heterocycles. The van der Waals surface area contributed by atoms with Gasteiger partial charge in [-0.2, -0.15) is 0 Å². The quantitative estimate of drug-likeness (QED) is 0.150. The van der Waals surface area contributed by atoms with Crippen LogP contribution in [0.3, 0.4) is 0 Å². The van der Waals surface area contributed by atoms with Crippen molar-refractivity contribution in [3.05, 3.63) is 307 Å². The molecule has 1 heteroatoms. The van der Waals surface area contributed by atoms with Crippen LogP contribution in [0, 0.1) is 0 Å². The molecule has 1 nitrogen and oxygen atoms in total. The second-order valence-corrected chi connectivity index (χ2v) is 20.7. The lowest BCUT2D eigenvalue weighted by atomic mass is 9.70. The topological polar surface area (TPSA) is 3.24 Å². The minimum atomic E-state index is -0.529. The van der Waals surface area contributed by atoms with Crippen LogP contribution in [0.4, 0.5) is 17.1 Å². The first-order chi connectivity index (χ1) is 37.7. The lowest BCUT2D eigenvalue weighted by Crippen LogP contribution is -2.26. The molecule has 0 fully saturated rings. The van der Waals surface area contributed by atoms with Gasteiger partial charge in [0.2, 0.25) is 0 Å². The monoisotopic (exact) mass is 961 g/mol. The first-order valence-corrected chi connectivity index (χ1v) is 26.5. The number of anilines is 3. The Balaban J connectivity index is 0.972. The predicted octanol–water partition coefficient (Wildman–Crippen LogP) is 20.3. The Morgan fingerprint density at radius 3 is 1.30 bits per heavy atom. The zero-order valence-electron chi connectivity index (χ0n) is 41.6. The van der Waals surface area contributed by atoms with Crippen LogP contribution < -0.4 is 4.90 Å². The van der Waals surface area contributed by atoms with Gasteiger partial charge in [0.1, 0.15) is 0 Å². The van der Waals surface area contributed by atoms with E-state index in [4.69, 9.17) is 0 Å². The third-order valence-corrected chi connectivity index (χ3v) is 16.8. The van der Waals surface area contributed by atoms with Gasteiger partial charge in [-0.25, -0.2) is 0 Å². The number of rotatable bonds is 6. The van der Waals surface area contributed by atoms with Gasteiger partial charge in [-0.3, -0.25) is 0 Å². The Hall–Kier alpha value is -9.82. The van der Waals surface area contributed by atoms with Crippen LogP contribution in [0.15, 0.2) is 285 Å². The molecule has 76 heavy (non-hydrogen) atoms. The van der Waals surface area contributed by atoms with E-state index < -0.39 is 5.41 Å². The van der Waals surface area contributed by atoms with E-state index in [1.54, 1.807) is 0 Å². The van der Waals surface area contributed by atoms with Crippen molar-refractivity contribution in [2.45, 2.75) is 5.41 Å². The molecule has 2 aliphatic carbocycles. The lowest BCUT2D eigenvalue weighted by Gasteiger charge is -2.33. The molecule has 0 aromatic heterocycles. The Morgan fingerprint density at radius 1 is 0.211 bits per heavy atom. The van der Waals surface area contributed by atoms with Crippen molar-refractivity contribution >= 4 is 70.9 Å². The molecule has 0 saturated carbocycles. The fraction of sp³-hybridized carbons (Fsp3) is 0.0133. The first-order valence-electron chi connectivity index (χ1n) is 26.5. The van der Waals surface area contributed by atoms with Gasteiger partial charge in [-0.15, -0.1) is 0 Å². The Kier molecular flexibility index (Phi) is 9.32. The largest absolute Gasteiger partial charge is 0.310 e. The molecule has 0 heterocycles. The van der Waals surface area contributed by atoms with E-state index in [0.29, 0.717) is 0 Å². The van der Waals surface area contributed by atoms with E-state index in [1.165, 1.54) is 121 Å². The van der Waals surface area contributed by atoms with Crippen LogP contribution in [0.1, 0.15) is 22.3 Å². The summed E-state index contributed by atoms with van der Waals surface area (Å²) in [7, 11) is 0. The minimum absolute atomic E-state index is 0.529. The molecule has 0 bridgehead atoms. The van der Waals surface area contributed by atoms with E-state index in [-0.39, 0.29) is 0 Å². The standard InChI is InChI=1S/C75H47N/c1-2-16-48(17-3-1)49-36-39-55(40-37-49)76(56-41-43-63-61-22-7-6-20-59(61)60-21-8-9-23-62(60)68(63)45-56)74-47-73-69(66-26-12-15-29-72(66)75(73)70-27-13-10-24-64(70)65-25-11-14-28-71(65)75)46-67(74)52-32-30-50(31-33-52)53-38-42-58-54(44-53)35-34-51-18-4-5-19-57(51)58/h1-47H. The third kappa shape index (κ3) is 6.21. The van der Waals surface area contributed by atoms with E-state index in [0.717, 1.165) is 28.2 Å². The predicted molar refractivity (Wildman–Crippen MR) is 321 cm³/mol. The van der Waals surface area contributed by atoms with Crippen molar-refractivity contribution in [3.8, 4) is 55.6 Å². The van der Waals surface area contributed by atoms with Crippen molar-refractivity contribution in [3.63, 3.8) is 0 Å². The summed E-state index contributed by atoms with van der Waals surface area (Å²) in [6.45, 7) is 0. The van der Waals surface area contributed by atoms with Crippen molar-refractivity contribution in [2.24, 2.45) is 0 Å². The summed E-state index contributed by atoms with van der Waals surface area (Å²) in [6.07, 6.45) is 0. The fourth-order valence-electron chi connectivity index (χ4n) is 13.5. The lowest BCUT2D eigenvalue weighted by molar-refractivity contribution is 0.794. The van der Waals surface area contributed by atoms with Crippen LogP contribution in [-0.4, -0.2) is 0 Å². The number of hydrogen-bond acceptors (Lipinski definition) is 1. The van der Waals surface area contributed by atoms with Crippen LogP contribution >= 0.6 is 0 Å². The summed E-state index contributed by atoms with van der Waals surface area (Å²) in [5, 5.41) is 12.6. The normalized spacial score (nSPS) is 12.8. The highest BCUT2D eigenvalue weighted by atomic mass is 15.1. The van der Waals surface area contributed by atoms with E-state index in [9.17, 15) is 0 Å². The average molecular weight is 962 g/mol. The summed E-state index contributed by atoms with van der Waals surface area (Å²) >= 11 is 0. The average Bonchev–Trinajstić information content (AvgIpc) is 4.10. The van der Waals surface area contributed by atoms with Gasteiger partial charge in [-0.05, 0) is 169 Å². The van der Waals surface area contributed by atoms with Crippen molar-refractivity contribution in [1.29, 1.82) is 0 Å². The minimum Gasteiger partial charge on any atom is -0.310 e. The summed E-state index contributed by atoms with van der Waals surface area (Å²) in [6, 6.07) is 107. The van der Waals surface area contributed by atoms with Crippen LogP contribution in [-0.2, 0) is 5.41 Å². The Bertz CT molecular complexity index is 4600. The highest BCUT2D eigenvalue weighted by Crippen LogP contribution is 2.64. The maximum absolute atomic E-state index is 2.57. The number of benzene rings is 14. The van der Waals surface area contributed by atoms with E-state index in [1.807, 2.05) is 0 Å². The summed E-state index contributed by atoms with van der Waals surface area (Å²) < 4.78 is 0. The molecule has 14 aromatic carbocycles. The van der Waals surface area contributed by atoms with Crippen molar-refractivity contribution in [2.75, 3.05) is 4.90 Å². The number of nitrogens with zero attached hydrogens (tertiary/aromatic N) is 1. The zero-order valence-corrected chi connectivity index (χ0v) is 41.6. The highest BCUT2D eigenvalue weighted by molar-refractivity contribution is 6.26. The van der Waals surface area contributed by atoms with Gasteiger partial charge in [-0.1, -0.05) is 243 Å². The maximum atomic E-state index is 2.57. The van der Waals surface area contributed by atoms with E-state index >= 15 is 0 Å². The molecule has 0 unspecified atom stereocenters. The van der Waals surface area contributed by atoms with Crippen molar-refractivity contribution in [1.82, 2.24) is 0 Å². The van der Waals surface area contributed by atoms with Gasteiger partial charge in [0.15, 0.2) is 0 Å². The number of hydrogen-bond donors (Lipinski definition) is 0. The molecular weight excluding hydrogens is 915 g/mol. The van der Waals surface area contributed by atoms with Gasteiger partial charge >= 0.3 is 0 Å². The molecule has 2 aliphatic rings. The van der Waals surface area contributed by atoms with Gasteiger partial charge in [0, 0.05) is 16.9 Å². The maximum Gasteiger partial charge on any atom is 0.0726 e. The molecular formula is C75H47N. The van der Waals surface area contributed by atoms with Crippen LogP contribution in [0.2, 0.25) is 0 Å². The second kappa shape index (κ2) is 16.6. The van der Waals surface area contributed by atoms with Crippen LogP contribution in [0.25, 0.3) is 109 Å².